The van der Waals surface area contributed by atoms with Gasteiger partial charge in [0, 0.05) is 6.54 Å². The standard InChI is InChI=1S/C13H23NO3/c1-12(2,3)17-11(16)14-9-13(4,5)7-6-10(14)8-15/h8,10H,6-7,9H2,1-5H3. The smallest absolute Gasteiger partial charge is 0.410 e. The third kappa shape index (κ3) is 4.02. The maximum atomic E-state index is 12.0. The van der Waals surface area contributed by atoms with Crippen molar-refractivity contribution >= 4 is 12.4 Å². The van der Waals surface area contributed by atoms with E-state index in [1.807, 2.05) is 20.8 Å². The minimum Gasteiger partial charge on any atom is -0.444 e. The average molecular weight is 241 g/mol. The van der Waals surface area contributed by atoms with Crippen LogP contribution < -0.4 is 0 Å². The van der Waals surface area contributed by atoms with Crippen LogP contribution in [0.3, 0.4) is 0 Å². The molecule has 0 spiro atoms. The monoisotopic (exact) mass is 241 g/mol. The molecule has 0 aromatic carbocycles. The molecule has 4 nitrogen and oxygen atoms in total. The van der Waals surface area contributed by atoms with E-state index in [0.717, 1.165) is 19.1 Å². The quantitative estimate of drug-likeness (QED) is 0.663. The van der Waals surface area contributed by atoms with Gasteiger partial charge in [-0.15, -0.1) is 0 Å². The van der Waals surface area contributed by atoms with Crippen molar-refractivity contribution in [1.82, 2.24) is 4.90 Å². The second-order valence-corrected chi connectivity index (χ2v) is 6.51. The van der Waals surface area contributed by atoms with Gasteiger partial charge in [-0.25, -0.2) is 4.79 Å². The Morgan fingerprint density at radius 2 is 2.00 bits per heavy atom. The van der Waals surface area contributed by atoms with Crippen LogP contribution in [0.25, 0.3) is 0 Å². The van der Waals surface area contributed by atoms with Gasteiger partial charge in [-0.3, -0.25) is 4.90 Å². The highest BCUT2D eigenvalue weighted by Gasteiger charge is 2.37. The van der Waals surface area contributed by atoms with Crippen LogP contribution in [0.1, 0.15) is 47.5 Å². The van der Waals surface area contributed by atoms with Crippen molar-refractivity contribution in [3.05, 3.63) is 0 Å². The molecule has 0 aromatic heterocycles. The molecule has 1 heterocycles. The lowest BCUT2D eigenvalue weighted by atomic mass is 9.82. The van der Waals surface area contributed by atoms with Crippen LogP contribution in [0, 0.1) is 5.41 Å². The van der Waals surface area contributed by atoms with Gasteiger partial charge in [0.25, 0.3) is 0 Å². The van der Waals surface area contributed by atoms with Crippen LogP contribution >= 0.6 is 0 Å². The van der Waals surface area contributed by atoms with Gasteiger partial charge in [0.15, 0.2) is 0 Å². The van der Waals surface area contributed by atoms with Crippen molar-refractivity contribution in [2.24, 2.45) is 5.41 Å². The van der Waals surface area contributed by atoms with E-state index in [1.54, 1.807) is 4.90 Å². The van der Waals surface area contributed by atoms with Crippen LogP contribution in [-0.2, 0) is 9.53 Å². The SMILES string of the molecule is CC1(C)CCC(C=O)N(C(=O)OC(C)(C)C)C1. The molecule has 0 N–H and O–H groups in total. The minimum atomic E-state index is -0.522. The second-order valence-electron chi connectivity index (χ2n) is 6.51. The first-order valence-electron chi connectivity index (χ1n) is 6.09. The highest BCUT2D eigenvalue weighted by molar-refractivity contribution is 5.74. The third-order valence-electron chi connectivity index (χ3n) is 2.90. The summed E-state index contributed by atoms with van der Waals surface area (Å²) in [5, 5.41) is 0. The molecule has 98 valence electrons. The van der Waals surface area contributed by atoms with E-state index < -0.39 is 5.60 Å². The second kappa shape index (κ2) is 4.67. The maximum Gasteiger partial charge on any atom is 0.410 e. The number of rotatable bonds is 1. The Morgan fingerprint density at radius 3 is 2.47 bits per heavy atom. The Labute approximate surface area is 103 Å². The van der Waals surface area contributed by atoms with Gasteiger partial charge in [0.05, 0.1) is 6.04 Å². The number of likely N-dealkylation sites (tertiary alicyclic amines) is 1. The van der Waals surface area contributed by atoms with Gasteiger partial charge in [-0.05, 0) is 39.0 Å². The van der Waals surface area contributed by atoms with Crippen LogP contribution in [0.2, 0.25) is 0 Å². The topological polar surface area (TPSA) is 46.6 Å². The highest BCUT2D eigenvalue weighted by atomic mass is 16.6. The Bertz CT molecular complexity index is 304. The van der Waals surface area contributed by atoms with Crippen LogP contribution in [-0.4, -0.2) is 35.5 Å². The van der Waals surface area contributed by atoms with E-state index in [4.69, 9.17) is 4.74 Å². The molecule has 4 heteroatoms. The first kappa shape index (κ1) is 14.0. The lowest BCUT2D eigenvalue weighted by molar-refractivity contribution is -0.114. The normalized spacial score (nSPS) is 24.3. The summed E-state index contributed by atoms with van der Waals surface area (Å²) in [5.74, 6) is 0. The molecular weight excluding hydrogens is 218 g/mol. The Balaban J connectivity index is 2.76. The molecule has 1 aliphatic rings. The third-order valence-corrected chi connectivity index (χ3v) is 2.90. The molecular formula is C13H23NO3. The van der Waals surface area contributed by atoms with Crippen LogP contribution in [0.4, 0.5) is 4.79 Å². The zero-order chi connectivity index (χ0) is 13.3. The molecule has 1 amide bonds. The lowest BCUT2D eigenvalue weighted by Crippen LogP contribution is -2.51. The van der Waals surface area contributed by atoms with E-state index in [-0.39, 0.29) is 17.6 Å². The van der Waals surface area contributed by atoms with Crippen molar-refractivity contribution in [3.8, 4) is 0 Å². The average Bonchev–Trinajstić information content (AvgIpc) is 2.13. The fraction of sp³-hybridized carbons (Fsp3) is 0.846. The van der Waals surface area contributed by atoms with E-state index in [2.05, 4.69) is 13.8 Å². The molecule has 0 aromatic rings. The summed E-state index contributed by atoms with van der Waals surface area (Å²) >= 11 is 0. The van der Waals surface area contributed by atoms with Crippen molar-refractivity contribution in [2.75, 3.05) is 6.54 Å². The minimum absolute atomic E-state index is 0.0520. The van der Waals surface area contributed by atoms with E-state index in [9.17, 15) is 9.59 Å². The summed E-state index contributed by atoms with van der Waals surface area (Å²) in [6.45, 7) is 10.3. The van der Waals surface area contributed by atoms with Crippen molar-refractivity contribution in [3.63, 3.8) is 0 Å². The van der Waals surface area contributed by atoms with Crippen LogP contribution in [0.15, 0.2) is 0 Å². The predicted octanol–water partition coefficient (Wildman–Crippen LogP) is 2.61. The van der Waals surface area contributed by atoms with Gasteiger partial charge in [-0.1, -0.05) is 13.8 Å². The summed E-state index contributed by atoms with van der Waals surface area (Å²) < 4.78 is 5.33. The lowest BCUT2D eigenvalue weighted by Gasteiger charge is -2.41. The van der Waals surface area contributed by atoms with Crippen LogP contribution in [0.5, 0.6) is 0 Å². The van der Waals surface area contributed by atoms with Gasteiger partial charge in [0.2, 0.25) is 0 Å². The molecule has 1 unspecified atom stereocenters. The molecule has 1 rings (SSSR count). The van der Waals surface area contributed by atoms with E-state index in [1.165, 1.54) is 0 Å². The van der Waals surface area contributed by atoms with Gasteiger partial charge >= 0.3 is 6.09 Å². The van der Waals surface area contributed by atoms with Crippen molar-refractivity contribution in [2.45, 2.75) is 59.1 Å². The molecule has 1 saturated heterocycles. The van der Waals surface area contributed by atoms with E-state index >= 15 is 0 Å². The number of nitrogens with zero attached hydrogens (tertiary/aromatic N) is 1. The molecule has 1 fully saturated rings. The molecule has 17 heavy (non-hydrogen) atoms. The first-order valence-corrected chi connectivity index (χ1v) is 6.09. The fourth-order valence-electron chi connectivity index (χ4n) is 2.01. The molecule has 1 aliphatic heterocycles. The zero-order valence-electron chi connectivity index (χ0n) is 11.4. The number of carbonyl (C=O) groups excluding carboxylic acids is 2. The number of aldehydes is 1. The van der Waals surface area contributed by atoms with Gasteiger partial charge in [-0.2, -0.15) is 0 Å². The number of carbonyl (C=O) groups is 2. The maximum absolute atomic E-state index is 12.0. The Kier molecular flexibility index (Phi) is 3.84. The first-order chi connectivity index (χ1) is 7.64. The van der Waals surface area contributed by atoms with Crippen molar-refractivity contribution < 1.29 is 14.3 Å². The molecule has 0 saturated carbocycles. The fourth-order valence-corrected chi connectivity index (χ4v) is 2.01. The number of hydrogen-bond donors (Lipinski definition) is 0. The Hall–Kier alpha value is -1.06. The number of hydrogen-bond acceptors (Lipinski definition) is 3. The summed E-state index contributed by atoms with van der Waals surface area (Å²) in [6, 6.07) is -0.335. The predicted molar refractivity (Wildman–Crippen MR) is 65.8 cm³/mol. The van der Waals surface area contributed by atoms with Gasteiger partial charge in [0.1, 0.15) is 11.9 Å². The zero-order valence-corrected chi connectivity index (χ0v) is 11.4. The summed E-state index contributed by atoms with van der Waals surface area (Å²) in [4.78, 5) is 24.6. The highest BCUT2D eigenvalue weighted by Crippen LogP contribution is 2.32. The number of ether oxygens (including phenoxy) is 1. The summed E-state index contributed by atoms with van der Waals surface area (Å²) in [5.41, 5.74) is -0.470. The number of amides is 1. The molecule has 0 radical (unpaired) electrons. The number of piperidine rings is 1. The van der Waals surface area contributed by atoms with Gasteiger partial charge < -0.3 is 9.53 Å². The summed E-state index contributed by atoms with van der Waals surface area (Å²) in [6.07, 6.45) is 2.13. The van der Waals surface area contributed by atoms with Crippen molar-refractivity contribution in [1.29, 1.82) is 0 Å². The largest absolute Gasteiger partial charge is 0.444 e. The molecule has 0 bridgehead atoms. The Morgan fingerprint density at radius 1 is 1.41 bits per heavy atom. The molecule has 0 aliphatic carbocycles. The van der Waals surface area contributed by atoms with E-state index in [0.29, 0.717) is 6.54 Å². The molecule has 1 atom stereocenters. The summed E-state index contributed by atoms with van der Waals surface area (Å²) in [7, 11) is 0.